The highest BCUT2D eigenvalue weighted by molar-refractivity contribution is 5.70. The first-order chi connectivity index (χ1) is 6.63. The number of esters is 1. The van der Waals surface area contributed by atoms with Crippen LogP contribution in [0.2, 0.25) is 0 Å². The molecule has 0 N–H and O–H groups in total. The van der Waals surface area contributed by atoms with Crippen LogP contribution in [0.1, 0.15) is 40.0 Å². The van der Waals surface area contributed by atoms with E-state index in [0.29, 0.717) is 12.5 Å². The molecular formula is C11H19NO2. The van der Waals surface area contributed by atoms with Crippen molar-refractivity contribution in [1.82, 2.24) is 0 Å². The number of nitrogens with zero attached hydrogens (tertiary/aromatic N) is 1. The molecule has 0 saturated heterocycles. The highest BCUT2D eigenvalue weighted by Gasteiger charge is 2.16. The lowest BCUT2D eigenvalue weighted by Gasteiger charge is -2.12. The largest absolute Gasteiger partial charge is 0.466 e. The summed E-state index contributed by atoms with van der Waals surface area (Å²) in [6, 6.07) is 2.16. The maximum Gasteiger partial charge on any atom is 0.307 e. The average Bonchev–Trinajstić information content (AvgIpc) is 2.16. The SMILES string of the molecule is CCOC(=O)CC(C#N)CC(C)CC. The standard InChI is InChI=1S/C11H19NO2/c1-4-9(3)6-10(8-12)7-11(13)14-5-2/h9-10H,4-7H2,1-3H3. The fourth-order valence-corrected chi connectivity index (χ4v) is 1.26. The molecule has 0 rings (SSSR count). The van der Waals surface area contributed by atoms with Crippen LogP contribution in [0, 0.1) is 23.2 Å². The van der Waals surface area contributed by atoms with E-state index in [4.69, 9.17) is 10.00 Å². The van der Waals surface area contributed by atoms with Crippen LogP contribution in [0.15, 0.2) is 0 Å². The lowest BCUT2D eigenvalue weighted by Crippen LogP contribution is -2.12. The Morgan fingerprint density at radius 2 is 2.14 bits per heavy atom. The number of rotatable bonds is 6. The summed E-state index contributed by atoms with van der Waals surface area (Å²) in [4.78, 5) is 11.1. The zero-order valence-corrected chi connectivity index (χ0v) is 9.25. The molecule has 0 aromatic heterocycles. The molecule has 3 nitrogen and oxygen atoms in total. The van der Waals surface area contributed by atoms with E-state index in [-0.39, 0.29) is 18.3 Å². The van der Waals surface area contributed by atoms with Gasteiger partial charge in [0, 0.05) is 0 Å². The van der Waals surface area contributed by atoms with Crippen molar-refractivity contribution < 1.29 is 9.53 Å². The van der Waals surface area contributed by atoms with Crippen molar-refractivity contribution in [2.75, 3.05) is 6.61 Å². The molecule has 80 valence electrons. The molecule has 0 heterocycles. The van der Waals surface area contributed by atoms with Gasteiger partial charge in [-0.05, 0) is 19.3 Å². The van der Waals surface area contributed by atoms with E-state index in [1.165, 1.54) is 0 Å². The molecule has 14 heavy (non-hydrogen) atoms. The second-order valence-electron chi connectivity index (χ2n) is 3.58. The summed E-state index contributed by atoms with van der Waals surface area (Å²) in [6.07, 6.45) is 2.06. The Balaban J connectivity index is 3.92. The maximum atomic E-state index is 11.1. The Morgan fingerprint density at radius 1 is 1.50 bits per heavy atom. The van der Waals surface area contributed by atoms with Crippen molar-refractivity contribution >= 4 is 5.97 Å². The molecule has 0 fully saturated rings. The maximum absolute atomic E-state index is 11.1. The van der Waals surface area contributed by atoms with E-state index in [2.05, 4.69) is 19.9 Å². The molecule has 0 saturated carbocycles. The number of carbonyl (C=O) groups excluding carboxylic acids is 1. The Hall–Kier alpha value is -1.04. The van der Waals surface area contributed by atoms with Crippen LogP contribution in [0.4, 0.5) is 0 Å². The van der Waals surface area contributed by atoms with Crippen LogP contribution >= 0.6 is 0 Å². The minimum absolute atomic E-state index is 0.191. The number of nitriles is 1. The van der Waals surface area contributed by atoms with Crippen molar-refractivity contribution in [2.45, 2.75) is 40.0 Å². The second kappa shape index (κ2) is 7.37. The Labute approximate surface area is 86.1 Å². The van der Waals surface area contributed by atoms with Gasteiger partial charge in [-0.1, -0.05) is 20.3 Å². The third-order valence-electron chi connectivity index (χ3n) is 2.28. The summed E-state index contributed by atoms with van der Waals surface area (Å²) in [5.41, 5.74) is 0. The van der Waals surface area contributed by atoms with Gasteiger partial charge in [0.15, 0.2) is 0 Å². The molecule has 0 radical (unpaired) electrons. The van der Waals surface area contributed by atoms with Gasteiger partial charge in [-0.15, -0.1) is 0 Å². The van der Waals surface area contributed by atoms with Crippen molar-refractivity contribution in [3.8, 4) is 6.07 Å². The lowest BCUT2D eigenvalue weighted by molar-refractivity contribution is -0.143. The predicted molar refractivity (Wildman–Crippen MR) is 54.4 cm³/mol. The van der Waals surface area contributed by atoms with Gasteiger partial charge in [0.05, 0.1) is 25.0 Å². The molecule has 0 aromatic rings. The van der Waals surface area contributed by atoms with E-state index in [9.17, 15) is 4.79 Å². The minimum Gasteiger partial charge on any atom is -0.466 e. The molecule has 3 heteroatoms. The van der Waals surface area contributed by atoms with E-state index in [1.54, 1.807) is 6.92 Å². The molecular weight excluding hydrogens is 178 g/mol. The molecule has 2 unspecified atom stereocenters. The zero-order chi connectivity index (χ0) is 11.0. The van der Waals surface area contributed by atoms with Crippen LogP contribution in [0.3, 0.4) is 0 Å². The Kier molecular flexibility index (Phi) is 6.82. The Morgan fingerprint density at radius 3 is 2.57 bits per heavy atom. The summed E-state index contributed by atoms with van der Waals surface area (Å²) in [7, 11) is 0. The highest BCUT2D eigenvalue weighted by atomic mass is 16.5. The van der Waals surface area contributed by atoms with Gasteiger partial charge in [0.2, 0.25) is 0 Å². The Bertz CT molecular complexity index is 208. The van der Waals surface area contributed by atoms with E-state index in [1.807, 2.05) is 0 Å². The fraction of sp³-hybridized carbons (Fsp3) is 0.818. The molecule has 0 bridgehead atoms. The third-order valence-corrected chi connectivity index (χ3v) is 2.28. The van der Waals surface area contributed by atoms with Gasteiger partial charge in [0.1, 0.15) is 0 Å². The summed E-state index contributed by atoms with van der Waals surface area (Å²) in [6.45, 7) is 6.34. The average molecular weight is 197 g/mol. The van der Waals surface area contributed by atoms with Gasteiger partial charge in [0.25, 0.3) is 0 Å². The van der Waals surface area contributed by atoms with Gasteiger partial charge >= 0.3 is 5.97 Å². The normalized spacial score (nSPS) is 14.1. The van der Waals surface area contributed by atoms with Crippen molar-refractivity contribution in [3.05, 3.63) is 0 Å². The number of carbonyl (C=O) groups is 1. The first kappa shape index (κ1) is 13.0. The van der Waals surface area contributed by atoms with Crippen LogP contribution in [-0.4, -0.2) is 12.6 Å². The summed E-state index contributed by atoms with van der Waals surface area (Å²) < 4.78 is 4.80. The smallest absolute Gasteiger partial charge is 0.307 e. The van der Waals surface area contributed by atoms with E-state index < -0.39 is 0 Å². The minimum atomic E-state index is -0.262. The molecule has 0 aliphatic rings. The van der Waals surface area contributed by atoms with Crippen LogP contribution < -0.4 is 0 Å². The van der Waals surface area contributed by atoms with Crippen LogP contribution in [0.25, 0.3) is 0 Å². The lowest BCUT2D eigenvalue weighted by atomic mass is 9.93. The van der Waals surface area contributed by atoms with Crippen molar-refractivity contribution in [1.29, 1.82) is 5.26 Å². The van der Waals surface area contributed by atoms with E-state index >= 15 is 0 Å². The fourth-order valence-electron chi connectivity index (χ4n) is 1.26. The highest BCUT2D eigenvalue weighted by Crippen LogP contribution is 2.17. The van der Waals surface area contributed by atoms with Gasteiger partial charge < -0.3 is 4.74 Å². The molecule has 0 aliphatic heterocycles. The van der Waals surface area contributed by atoms with Gasteiger partial charge in [-0.3, -0.25) is 4.79 Å². The van der Waals surface area contributed by atoms with Gasteiger partial charge in [-0.2, -0.15) is 5.26 Å². The quantitative estimate of drug-likeness (QED) is 0.615. The molecule has 0 aromatic carbocycles. The third kappa shape index (κ3) is 5.58. The topological polar surface area (TPSA) is 50.1 Å². The van der Waals surface area contributed by atoms with Crippen LogP contribution in [-0.2, 0) is 9.53 Å². The van der Waals surface area contributed by atoms with Crippen LogP contribution in [0.5, 0.6) is 0 Å². The molecule has 0 amide bonds. The monoisotopic (exact) mass is 197 g/mol. The van der Waals surface area contributed by atoms with Crippen molar-refractivity contribution in [3.63, 3.8) is 0 Å². The number of ether oxygens (including phenoxy) is 1. The predicted octanol–water partition coefficient (Wildman–Crippen LogP) is 2.52. The zero-order valence-electron chi connectivity index (χ0n) is 9.25. The molecule has 0 aliphatic carbocycles. The summed E-state index contributed by atoms with van der Waals surface area (Å²) >= 11 is 0. The van der Waals surface area contributed by atoms with E-state index in [0.717, 1.165) is 12.8 Å². The van der Waals surface area contributed by atoms with Gasteiger partial charge in [-0.25, -0.2) is 0 Å². The summed E-state index contributed by atoms with van der Waals surface area (Å²) in [5.74, 6) is 0.0421. The summed E-state index contributed by atoms with van der Waals surface area (Å²) in [5, 5.41) is 8.83. The van der Waals surface area contributed by atoms with Crippen molar-refractivity contribution in [2.24, 2.45) is 11.8 Å². The number of hydrogen-bond acceptors (Lipinski definition) is 3. The molecule has 2 atom stereocenters. The first-order valence-electron chi connectivity index (χ1n) is 5.19. The molecule has 0 spiro atoms. The number of hydrogen-bond donors (Lipinski definition) is 0. The second-order valence-corrected chi connectivity index (χ2v) is 3.58. The first-order valence-corrected chi connectivity index (χ1v) is 5.19.